The summed E-state index contributed by atoms with van der Waals surface area (Å²) in [6.07, 6.45) is -2.62. The van der Waals surface area contributed by atoms with Crippen molar-refractivity contribution >= 4 is 17.7 Å². The van der Waals surface area contributed by atoms with Gasteiger partial charge in [-0.15, -0.1) is 13.2 Å². The Hall–Kier alpha value is -2.81. The Morgan fingerprint density at radius 3 is 2.41 bits per heavy atom. The van der Waals surface area contributed by atoms with Crippen LogP contribution in [0.3, 0.4) is 0 Å². The van der Waals surface area contributed by atoms with Crippen LogP contribution in [0.5, 0.6) is 5.75 Å². The number of carbonyl (C=O) groups excluding carboxylic acids is 1. The van der Waals surface area contributed by atoms with Gasteiger partial charge < -0.3 is 9.64 Å². The van der Waals surface area contributed by atoms with Crippen molar-refractivity contribution in [1.29, 1.82) is 0 Å². The number of hydrogen-bond acceptors (Lipinski definition) is 5. The number of allylic oxidation sites excluding steroid dienone is 1. The van der Waals surface area contributed by atoms with Crippen LogP contribution in [0, 0.1) is 6.92 Å². The summed E-state index contributed by atoms with van der Waals surface area (Å²) in [6.45, 7) is 12.0. The molecule has 1 amide bonds. The Balaban J connectivity index is 2.50. The molecule has 0 N–H and O–H groups in total. The molecule has 1 heterocycles. The van der Waals surface area contributed by atoms with Crippen LogP contribution in [0.4, 0.5) is 13.2 Å². The van der Waals surface area contributed by atoms with Crippen molar-refractivity contribution in [3.05, 3.63) is 59.3 Å². The number of thioether (sulfide) groups is 1. The van der Waals surface area contributed by atoms with Gasteiger partial charge in [-0.05, 0) is 62.9 Å². The Labute approximate surface area is 190 Å². The number of alkyl halides is 3. The number of ether oxygens (including phenoxy) is 1. The van der Waals surface area contributed by atoms with Crippen LogP contribution < -0.4 is 4.74 Å². The van der Waals surface area contributed by atoms with Crippen molar-refractivity contribution in [1.82, 2.24) is 14.9 Å². The molecule has 5 nitrogen and oxygen atoms in total. The molecule has 0 unspecified atom stereocenters. The molecule has 0 spiro atoms. The zero-order valence-corrected chi connectivity index (χ0v) is 19.3. The van der Waals surface area contributed by atoms with E-state index in [4.69, 9.17) is 0 Å². The van der Waals surface area contributed by atoms with Crippen molar-refractivity contribution in [3.63, 3.8) is 0 Å². The summed E-state index contributed by atoms with van der Waals surface area (Å²) in [5, 5.41) is 2.73. The van der Waals surface area contributed by atoms with Crippen LogP contribution in [0.25, 0.3) is 11.3 Å². The van der Waals surface area contributed by atoms with Gasteiger partial charge in [0.1, 0.15) is 16.6 Å². The number of carbonyl (C=O) groups is 1. The maximum atomic E-state index is 12.5. The lowest BCUT2D eigenvalue weighted by Gasteiger charge is -2.19. The number of aromatic nitrogens is 2. The minimum atomic E-state index is -4.76. The average Bonchev–Trinajstić information content (AvgIpc) is 2.76. The summed E-state index contributed by atoms with van der Waals surface area (Å²) >= 11 is 1.45. The summed E-state index contributed by atoms with van der Waals surface area (Å²) in [5.74, 6) is -0.107. The molecular weight excluding hydrogens is 439 g/mol. The smallest absolute Gasteiger partial charge is 0.406 e. The van der Waals surface area contributed by atoms with Crippen molar-refractivity contribution < 1.29 is 22.7 Å². The van der Waals surface area contributed by atoms with Gasteiger partial charge in [0.15, 0.2) is 0 Å². The second kappa shape index (κ2) is 11.2. The number of halogens is 3. The average molecular weight is 466 g/mol. The van der Waals surface area contributed by atoms with E-state index in [2.05, 4.69) is 28.2 Å². The third kappa shape index (κ3) is 7.12. The Bertz CT molecular complexity index is 989. The van der Waals surface area contributed by atoms with Gasteiger partial charge in [0.05, 0.1) is 12.2 Å². The first kappa shape index (κ1) is 25.5. The number of benzene rings is 1. The van der Waals surface area contributed by atoms with Crippen molar-refractivity contribution in [3.8, 4) is 17.0 Å². The molecule has 2 aromatic rings. The number of nitrogens with zero attached hydrogens (tertiary/aromatic N) is 3. The highest BCUT2D eigenvalue weighted by atomic mass is 32.2. The van der Waals surface area contributed by atoms with E-state index in [1.165, 1.54) is 47.7 Å². The van der Waals surface area contributed by atoms with E-state index >= 15 is 0 Å². The first-order chi connectivity index (χ1) is 15.1. The fourth-order valence-corrected chi connectivity index (χ4v) is 3.62. The van der Waals surface area contributed by atoms with Crippen LogP contribution >= 0.6 is 11.8 Å². The molecule has 1 aromatic carbocycles. The van der Waals surface area contributed by atoms with Crippen LogP contribution in [0.15, 0.2) is 52.9 Å². The second-order valence-corrected chi connectivity index (χ2v) is 7.84. The topological polar surface area (TPSA) is 55.3 Å². The molecule has 1 aromatic heterocycles. The largest absolute Gasteiger partial charge is 0.573 e. The molecule has 32 heavy (non-hydrogen) atoms. The molecule has 0 fully saturated rings. The molecular formula is C23H26F3N3O2S. The van der Waals surface area contributed by atoms with E-state index in [1.807, 2.05) is 26.2 Å². The molecule has 2 rings (SSSR count). The fourth-order valence-electron chi connectivity index (χ4n) is 2.71. The van der Waals surface area contributed by atoms with Crippen molar-refractivity contribution in [2.75, 3.05) is 6.54 Å². The van der Waals surface area contributed by atoms with E-state index in [1.54, 1.807) is 4.90 Å². The molecule has 0 saturated carbocycles. The van der Waals surface area contributed by atoms with Crippen LogP contribution in [0.1, 0.15) is 38.6 Å². The van der Waals surface area contributed by atoms with Crippen molar-refractivity contribution in [2.24, 2.45) is 0 Å². The summed E-state index contributed by atoms with van der Waals surface area (Å²) in [5.41, 5.74) is 3.18. The number of amides is 1. The zero-order chi connectivity index (χ0) is 23.9. The molecule has 0 aliphatic heterocycles. The maximum Gasteiger partial charge on any atom is 0.573 e. The van der Waals surface area contributed by atoms with Crippen LogP contribution in [-0.4, -0.2) is 33.7 Å². The van der Waals surface area contributed by atoms with E-state index in [-0.39, 0.29) is 18.2 Å². The molecule has 0 radical (unpaired) electrons. The molecule has 0 bridgehead atoms. The second-order valence-electron chi connectivity index (χ2n) is 6.98. The first-order valence-electron chi connectivity index (χ1n) is 10.0. The number of rotatable bonds is 9. The minimum Gasteiger partial charge on any atom is -0.406 e. The van der Waals surface area contributed by atoms with Crippen LogP contribution in [-0.2, 0) is 11.3 Å². The third-order valence-corrected chi connectivity index (χ3v) is 5.78. The van der Waals surface area contributed by atoms with Gasteiger partial charge in [0.2, 0.25) is 5.91 Å². The van der Waals surface area contributed by atoms with Gasteiger partial charge in [0, 0.05) is 17.7 Å². The SMILES string of the molecule is C=CC(=O)N(CC)Cc1nc(S/C=C(\C)CC)c(C)c(-c2ccc(OC(F)(F)F)cc2)n1. The molecule has 9 heteroatoms. The quantitative estimate of drug-likeness (QED) is 0.247. The highest BCUT2D eigenvalue weighted by Gasteiger charge is 2.31. The molecule has 172 valence electrons. The minimum absolute atomic E-state index is 0.188. The van der Waals surface area contributed by atoms with Crippen molar-refractivity contribution in [2.45, 2.75) is 52.0 Å². The molecule has 0 aliphatic rings. The summed E-state index contributed by atoms with van der Waals surface area (Å²) in [6, 6.07) is 5.54. The standard InChI is InChI=1S/C23H26F3N3O2S/c1-6-15(4)14-32-22-16(5)21(17-9-11-18(12-10-17)31-23(24,25)26)27-19(28-22)13-29(8-3)20(30)7-2/h7,9-12,14H,2,6,8,13H2,1,3-5H3/b15-14+. The lowest BCUT2D eigenvalue weighted by atomic mass is 10.1. The predicted octanol–water partition coefficient (Wildman–Crippen LogP) is 6.29. The lowest BCUT2D eigenvalue weighted by Crippen LogP contribution is -2.29. The van der Waals surface area contributed by atoms with Gasteiger partial charge in [-0.1, -0.05) is 30.8 Å². The Morgan fingerprint density at radius 2 is 1.88 bits per heavy atom. The first-order valence-corrected chi connectivity index (χ1v) is 10.9. The summed E-state index contributed by atoms with van der Waals surface area (Å²) in [7, 11) is 0. The summed E-state index contributed by atoms with van der Waals surface area (Å²) < 4.78 is 41.4. The normalized spacial score (nSPS) is 11.9. The molecule has 0 aliphatic carbocycles. The number of likely N-dealkylation sites (N-methyl/N-ethyl adjacent to an activating group) is 1. The molecule has 0 saturated heterocycles. The third-order valence-electron chi connectivity index (χ3n) is 4.64. The number of hydrogen-bond donors (Lipinski definition) is 0. The van der Waals surface area contributed by atoms with Gasteiger partial charge in [-0.25, -0.2) is 9.97 Å². The fraction of sp³-hybridized carbons (Fsp3) is 0.348. The van der Waals surface area contributed by atoms with E-state index in [0.717, 1.165) is 17.0 Å². The predicted molar refractivity (Wildman–Crippen MR) is 120 cm³/mol. The van der Waals surface area contributed by atoms with E-state index < -0.39 is 6.36 Å². The Morgan fingerprint density at radius 1 is 1.22 bits per heavy atom. The highest BCUT2D eigenvalue weighted by Crippen LogP contribution is 2.32. The Kier molecular flexibility index (Phi) is 8.89. The summed E-state index contributed by atoms with van der Waals surface area (Å²) in [4.78, 5) is 22.9. The van der Waals surface area contributed by atoms with Gasteiger partial charge in [0.25, 0.3) is 0 Å². The zero-order valence-electron chi connectivity index (χ0n) is 18.5. The van der Waals surface area contributed by atoms with Gasteiger partial charge >= 0.3 is 6.36 Å². The highest BCUT2D eigenvalue weighted by molar-refractivity contribution is 8.02. The molecule has 0 atom stereocenters. The van der Waals surface area contributed by atoms with Crippen LogP contribution in [0.2, 0.25) is 0 Å². The van der Waals surface area contributed by atoms with E-state index in [0.29, 0.717) is 23.6 Å². The van der Waals surface area contributed by atoms with Gasteiger partial charge in [-0.3, -0.25) is 4.79 Å². The monoisotopic (exact) mass is 465 g/mol. The van der Waals surface area contributed by atoms with E-state index in [9.17, 15) is 18.0 Å². The maximum absolute atomic E-state index is 12.5. The van der Waals surface area contributed by atoms with Gasteiger partial charge in [-0.2, -0.15) is 0 Å². The lowest BCUT2D eigenvalue weighted by molar-refractivity contribution is -0.274.